The van der Waals surface area contributed by atoms with Gasteiger partial charge in [0, 0.05) is 17.5 Å². The van der Waals surface area contributed by atoms with Gasteiger partial charge >= 0.3 is 0 Å². The van der Waals surface area contributed by atoms with E-state index in [-0.39, 0.29) is 0 Å². The second-order valence-corrected chi connectivity index (χ2v) is 6.23. The van der Waals surface area contributed by atoms with Crippen molar-refractivity contribution in [2.45, 2.75) is 45.7 Å². The van der Waals surface area contributed by atoms with Crippen LogP contribution in [0.2, 0.25) is 0 Å². The summed E-state index contributed by atoms with van der Waals surface area (Å²) in [6, 6.07) is 13.8. The van der Waals surface area contributed by atoms with Gasteiger partial charge in [0.2, 0.25) is 0 Å². The number of thiophene rings is 1. The second kappa shape index (κ2) is 6.88. The van der Waals surface area contributed by atoms with E-state index in [0.29, 0.717) is 12.0 Å². The summed E-state index contributed by atoms with van der Waals surface area (Å²) >= 11 is 1.83. The standard InChI is InChI=1S/C17H23NS/c1-4-16(17-6-5-11-19-17)18-12-14-7-9-15(10-8-14)13(2)3/h5-11,13,16,18H,4,12H2,1-3H3. The third-order valence-corrected chi connectivity index (χ3v) is 4.48. The van der Waals surface area contributed by atoms with Crippen LogP contribution in [0.3, 0.4) is 0 Å². The van der Waals surface area contributed by atoms with Gasteiger partial charge in [0.05, 0.1) is 0 Å². The molecule has 0 amide bonds. The molecule has 102 valence electrons. The fourth-order valence-corrected chi connectivity index (χ4v) is 3.08. The van der Waals surface area contributed by atoms with Crippen LogP contribution in [-0.2, 0) is 6.54 Å². The molecule has 0 bridgehead atoms. The fourth-order valence-electron chi connectivity index (χ4n) is 2.20. The van der Waals surface area contributed by atoms with Crippen molar-refractivity contribution in [2.24, 2.45) is 0 Å². The van der Waals surface area contributed by atoms with Crippen LogP contribution >= 0.6 is 11.3 Å². The highest BCUT2D eigenvalue weighted by atomic mass is 32.1. The quantitative estimate of drug-likeness (QED) is 0.771. The first-order chi connectivity index (χ1) is 9.20. The van der Waals surface area contributed by atoms with E-state index in [0.717, 1.165) is 13.0 Å². The number of hydrogen-bond acceptors (Lipinski definition) is 2. The molecular formula is C17H23NS. The van der Waals surface area contributed by atoms with Crippen molar-refractivity contribution < 1.29 is 0 Å². The van der Waals surface area contributed by atoms with Crippen molar-refractivity contribution >= 4 is 11.3 Å². The predicted molar refractivity (Wildman–Crippen MR) is 84.7 cm³/mol. The Balaban J connectivity index is 1.94. The first kappa shape index (κ1) is 14.3. The van der Waals surface area contributed by atoms with Crippen molar-refractivity contribution in [2.75, 3.05) is 0 Å². The highest BCUT2D eigenvalue weighted by Crippen LogP contribution is 2.22. The molecule has 0 aliphatic carbocycles. The van der Waals surface area contributed by atoms with Crippen LogP contribution in [0.1, 0.15) is 55.2 Å². The van der Waals surface area contributed by atoms with Crippen molar-refractivity contribution in [3.05, 3.63) is 57.8 Å². The van der Waals surface area contributed by atoms with E-state index >= 15 is 0 Å². The molecule has 2 rings (SSSR count). The van der Waals surface area contributed by atoms with E-state index in [1.54, 1.807) is 0 Å². The van der Waals surface area contributed by atoms with Crippen LogP contribution in [0.4, 0.5) is 0 Å². The molecule has 0 fully saturated rings. The van der Waals surface area contributed by atoms with Crippen LogP contribution in [0, 0.1) is 0 Å². The van der Waals surface area contributed by atoms with Gasteiger partial charge in [-0.05, 0) is 34.9 Å². The average Bonchev–Trinajstić information content (AvgIpc) is 2.94. The molecule has 0 saturated heterocycles. The van der Waals surface area contributed by atoms with Crippen molar-refractivity contribution in [1.29, 1.82) is 0 Å². The molecule has 1 heterocycles. The molecular weight excluding hydrogens is 250 g/mol. The van der Waals surface area contributed by atoms with Gasteiger partial charge in [-0.15, -0.1) is 11.3 Å². The van der Waals surface area contributed by atoms with Gasteiger partial charge in [-0.2, -0.15) is 0 Å². The maximum absolute atomic E-state index is 3.65. The SMILES string of the molecule is CCC(NCc1ccc(C(C)C)cc1)c1cccs1. The smallest absolute Gasteiger partial charge is 0.0414 e. The zero-order valence-corrected chi connectivity index (χ0v) is 12.8. The Morgan fingerprint density at radius 2 is 1.84 bits per heavy atom. The maximum Gasteiger partial charge on any atom is 0.0414 e. The Morgan fingerprint density at radius 3 is 2.37 bits per heavy atom. The third kappa shape index (κ3) is 3.92. The number of rotatable bonds is 6. The van der Waals surface area contributed by atoms with E-state index in [2.05, 4.69) is 67.9 Å². The van der Waals surface area contributed by atoms with Crippen LogP contribution in [-0.4, -0.2) is 0 Å². The second-order valence-electron chi connectivity index (χ2n) is 5.25. The van der Waals surface area contributed by atoms with Crippen molar-refractivity contribution in [3.63, 3.8) is 0 Å². The summed E-state index contributed by atoms with van der Waals surface area (Å²) in [6.45, 7) is 7.64. The minimum absolute atomic E-state index is 0.477. The molecule has 19 heavy (non-hydrogen) atoms. The molecule has 1 N–H and O–H groups in total. The van der Waals surface area contributed by atoms with Crippen LogP contribution < -0.4 is 5.32 Å². The molecule has 1 aromatic carbocycles. The van der Waals surface area contributed by atoms with Gasteiger partial charge in [0.25, 0.3) is 0 Å². The zero-order chi connectivity index (χ0) is 13.7. The number of nitrogens with one attached hydrogen (secondary N) is 1. The molecule has 1 aromatic heterocycles. The highest BCUT2D eigenvalue weighted by molar-refractivity contribution is 7.10. The van der Waals surface area contributed by atoms with Crippen LogP contribution in [0.5, 0.6) is 0 Å². The molecule has 0 saturated carbocycles. The van der Waals surface area contributed by atoms with Crippen LogP contribution in [0.25, 0.3) is 0 Å². The van der Waals surface area contributed by atoms with Gasteiger partial charge in [-0.25, -0.2) is 0 Å². The lowest BCUT2D eigenvalue weighted by atomic mass is 10.0. The van der Waals surface area contributed by atoms with E-state index in [1.165, 1.54) is 16.0 Å². The number of benzene rings is 1. The highest BCUT2D eigenvalue weighted by Gasteiger charge is 2.09. The Kier molecular flexibility index (Phi) is 5.17. The normalized spacial score (nSPS) is 12.8. The zero-order valence-electron chi connectivity index (χ0n) is 12.0. The summed E-state index contributed by atoms with van der Waals surface area (Å²) in [6.07, 6.45) is 1.13. The molecule has 0 aliphatic rings. The lowest BCUT2D eigenvalue weighted by Crippen LogP contribution is -2.19. The average molecular weight is 273 g/mol. The minimum atomic E-state index is 0.477. The van der Waals surface area contributed by atoms with Gasteiger partial charge in [-0.1, -0.05) is 51.1 Å². The molecule has 2 heteroatoms. The first-order valence-corrected chi connectivity index (χ1v) is 7.94. The molecule has 2 aromatic rings. The predicted octanol–water partition coefficient (Wildman–Crippen LogP) is 5.11. The lowest BCUT2D eigenvalue weighted by molar-refractivity contribution is 0.526. The molecule has 0 aliphatic heterocycles. The molecule has 1 nitrogen and oxygen atoms in total. The van der Waals surface area contributed by atoms with Crippen molar-refractivity contribution in [1.82, 2.24) is 5.32 Å². The monoisotopic (exact) mass is 273 g/mol. The summed E-state index contributed by atoms with van der Waals surface area (Å²) in [5.41, 5.74) is 2.77. The Morgan fingerprint density at radius 1 is 1.11 bits per heavy atom. The minimum Gasteiger partial charge on any atom is -0.305 e. The first-order valence-electron chi connectivity index (χ1n) is 7.06. The third-order valence-electron chi connectivity index (χ3n) is 3.49. The largest absolute Gasteiger partial charge is 0.305 e. The van der Waals surface area contributed by atoms with Crippen molar-refractivity contribution in [3.8, 4) is 0 Å². The summed E-state index contributed by atoms with van der Waals surface area (Å²) < 4.78 is 0. The van der Waals surface area contributed by atoms with Gasteiger partial charge in [0.1, 0.15) is 0 Å². The number of hydrogen-bond donors (Lipinski definition) is 1. The summed E-state index contributed by atoms with van der Waals surface area (Å²) in [5.74, 6) is 0.608. The lowest BCUT2D eigenvalue weighted by Gasteiger charge is -2.16. The van der Waals surface area contributed by atoms with Crippen LogP contribution in [0.15, 0.2) is 41.8 Å². The van der Waals surface area contributed by atoms with Gasteiger partial charge < -0.3 is 5.32 Å². The molecule has 1 atom stereocenters. The summed E-state index contributed by atoms with van der Waals surface area (Å²) in [7, 11) is 0. The summed E-state index contributed by atoms with van der Waals surface area (Å²) in [5, 5.41) is 5.80. The van der Waals surface area contributed by atoms with E-state index in [1.807, 2.05) is 11.3 Å². The van der Waals surface area contributed by atoms with Gasteiger partial charge in [-0.3, -0.25) is 0 Å². The van der Waals surface area contributed by atoms with E-state index in [9.17, 15) is 0 Å². The Labute approximate surface area is 120 Å². The maximum atomic E-state index is 3.65. The van der Waals surface area contributed by atoms with Gasteiger partial charge in [0.15, 0.2) is 0 Å². The Bertz CT molecular complexity index is 470. The molecule has 1 unspecified atom stereocenters. The molecule has 0 spiro atoms. The van der Waals surface area contributed by atoms with E-state index in [4.69, 9.17) is 0 Å². The molecule has 0 radical (unpaired) electrons. The topological polar surface area (TPSA) is 12.0 Å². The van der Waals surface area contributed by atoms with E-state index < -0.39 is 0 Å². The summed E-state index contributed by atoms with van der Waals surface area (Å²) in [4.78, 5) is 1.43. The Hall–Kier alpha value is -1.12. The fraction of sp³-hybridized carbons (Fsp3) is 0.412.